The zero-order valence-corrected chi connectivity index (χ0v) is 10.1. The fraction of sp³-hybridized carbons (Fsp3) is 0.231. The SMILES string of the molecule is COc1ccsc1C(O)c1ccccc1C. The first kappa shape index (κ1) is 11.2. The Morgan fingerprint density at radius 2 is 2.00 bits per heavy atom. The predicted octanol–water partition coefficient (Wildman–Crippen LogP) is 3.15. The number of hydrogen-bond donors (Lipinski definition) is 1. The van der Waals surface area contributed by atoms with Crippen molar-refractivity contribution in [3.05, 3.63) is 51.7 Å². The number of aliphatic hydroxyl groups is 1. The zero-order valence-electron chi connectivity index (χ0n) is 9.31. The molecule has 2 nitrogen and oxygen atoms in total. The van der Waals surface area contributed by atoms with Crippen LogP contribution < -0.4 is 4.74 Å². The molecule has 0 fully saturated rings. The smallest absolute Gasteiger partial charge is 0.135 e. The molecule has 1 unspecified atom stereocenters. The first-order valence-electron chi connectivity index (χ1n) is 5.09. The van der Waals surface area contributed by atoms with E-state index in [0.29, 0.717) is 0 Å². The zero-order chi connectivity index (χ0) is 11.5. The maximum atomic E-state index is 10.3. The van der Waals surface area contributed by atoms with E-state index in [1.165, 1.54) is 11.3 Å². The van der Waals surface area contributed by atoms with Gasteiger partial charge in [0.25, 0.3) is 0 Å². The van der Waals surface area contributed by atoms with E-state index in [9.17, 15) is 5.11 Å². The van der Waals surface area contributed by atoms with Crippen molar-refractivity contribution in [3.63, 3.8) is 0 Å². The van der Waals surface area contributed by atoms with Gasteiger partial charge in [0.15, 0.2) is 0 Å². The normalized spacial score (nSPS) is 12.4. The Kier molecular flexibility index (Phi) is 3.27. The molecule has 2 rings (SSSR count). The number of methoxy groups -OCH3 is 1. The molecule has 0 bridgehead atoms. The molecule has 3 heteroatoms. The van der Waals surface area contributed by atoms with Gasteiger partial charge in [0, 0.05) is 0 Å². The summed E-state index contributed by atoms with van der Waals surface area (Å²) in [5.41, 5.74) is 2.02. The molecule has 2 aromatic rings. The molecule has 84 valence electrons. The molecule has 0 aliphatic heterocycles. The van der Waals surface area contributed by atoms with Crippen LogP contribution in [0.2, 0.25) is 0 Å². The highest BCUT2D eigenvalue weighted by atomic mass is 32.1. The summed E-state index contributed by atoms with van der Waals surface area (Å²) in [7, 11) is 1.62. The van der Waals surface area contributed by atoms with Crippen molar-refractivity contribution in [2.45, 2.75) is 13.0 Å². The van der Waals surface area contributed by atoms with Gasteiger partial charge in [-0.15, -0.1) is 11.3 Å². The average Bonchev–Trinajstić information content (AvgIpc) is 2.77. The van der Waals surface area contributed by atoms with Crippen LogP contribution in [0.4, 0.5) is 0 Å². The van der Waals surface area contributed by atoms with Gasteiger partial charge in [-0.2, -0.15) is 0 Å². The second-order valence-corrected chi connectivity index (χ2v) is 4.56. The Bertz CT molecular complexity index is 476. The fourth-order valence-electron chi connectivity index (χ4n) is 1.71. The van der Waals surface area contributed by atoms with Crippen LogP contribution in [0, 0.1) is 6.92 Å². The van der Waals surface area contributed by atoms with Crippen LogP contribution in [0.25, 0.3) is 0 Å². The Balaban J connectivity index is 2.39. The predicted molar refractivity (Wildman–Crippen MR) is 66.1 cm³/mol. The van der Waals surface area contributed by atoms with E-state index in [-0.39, 0.29) is 0 Å². The van der Waals surface area contributed by atoms with E-state index in [1.807, 2.05) is 42.6 Å². The number of aryl methyl sites for hydroxylation is 1. The highest BCUT2D eigenvalue weighted by Crippen LogP contribution is 2.35. The van der Waals surface area contributed by atoms with Gasteiger partial charge < -0.3 is 9.84 Å². The van der Waals surface area contributed by atoms with E-state index in [2.05, 4.69) is 0 Å². The quantitative estimate of drug-likeness (QED) is 0.884. The van der Waals surface area contributed by atoms with Gasteiger partial charge in [0.05, 0.1) is 12.0 Å². The van der Waals surface area contributed by atoms with Crippen molar-refractivity contribution in [2.75, 3.05) is 7.11 Å². The molecule has 0 saturated heterocycles. The van der Waals surface area contributed by atoms with Crippen molar-refractivity contribution in [3.8, 4) is 5.75 Å². The number of thiophene rings is 1. The van der Waals surface area contributed by atoms with Crippen LogP contribution in [0.5, 0.6) is 5.75 Å². The van der Waals surface area contributed by atoms with Crippen molar-refractivity contribution in [1.29, 1.82) is 0 Å². The van der Waals surface area contributed by atoms with Gasteiger partial charge in [-0.25, -0.2) is 0 Å². The summed E-state index contributed by atoms with van der Waals surface area (Å²) in [6.07, 6.45) is -0.601. The number of aliphatic hydroxyl groups excluding tert-OH is 1. The molecule has 1 aromatic carbocycles. The van der Waals surface area contributed by atoms with Crippen molar-refractivity contribution in [2.24, 2.45) is 0 Å². The number of hydrogen-bond acceptors (Lipinski definition) is 3. The lowest BCUT2D eigenvalue weighted by atomic mass is 10.0. The van der Waals surface area contributed by atoms with Crippen molar-refractivity contribution in [1.82, 2.24) is 0 Å². The number of ether oxygens (including phenoxy) is 1. The maximum Gasteiger partial charge on any atom is 0.135 e. The molecular weight excluding hydrogens is 220 g/mol. The lowest BCUT2D eigenvalue weighted by molar-refractivity contribution is 0.218. The second-order valence-electron chi connectivity index (χ2n) is 3.61. The summed E-state index contributed by atoms with van der Waals surface area (Å²) in [5.74, 6) is 0.751. The summed E-state index contributed by atoms with van der Waals surface area (Å²) in [6.45, 7) is 2.00. The minimum Gasteiger partial charge on any atom is -0.495 e. The lowest BCUT2D eigenvalue weighted by Gasteiger charge is -2.13. The first-order chi connectivity index (χ1) is 7.74. The van der Waals surface area contributed by atoms with Crippen LogP contribution in [0.1, 0.15) is 22.1 Å². The van der Waals surface area contributed by atoms with Crippen LogP contribution in [-0.2, 0) is 0 Å². The monoisotopic (exact) mass is 234 g/mol. The molecule has 0 aliphatic rings. The lowest BCUT2D eigenvalue weighted by Crippen LogP contribution is -2.01. The Morgan fingerprint density at radius 1 is 1.25 bits per heavy atom. The van der Waals surface area contributed by atoms with Crippen molar-refractivity contribution < 1.29 is 9.84 Å². The summed E-state index contributed by atoms with van der Waals surface area (Å²) in [4.78, 5) is 0.858. The highest BCUT2D eigenvalue weighted by molar-refractivity contribution is 7.10. The van der Waals surface area contributed by atoms with Gasteiger partial charge in [-0.1, -0.05) is 24.3 Å². The first-order valence-corrected chi connectivity index (χ1v) is 5.97. The van der Waals surface area contributed by atoms with Gasteiger partial charge in [0.2, 0.25) is 0 Å². The highest BCUT2D eigenvalue weighted by Gasteiger charge is 2.17. The maximum absolute atomic E-state index is 10.3. The topological polar surface area (TPSA) is 29.5 Å². The molecule has 1 heterocycles. The van der Waals surface area contributed by atoms with E-state index in [0.717, 1.165) is 21.8 Å². The molecule has 1 atom stereocenters. The van der Waals surface area contributed by atoms with Gasteiger partial charge in [0.1, 0.15) is 11.9 Å². The van der Waals surface area contributed by atoms with Gasteiger partial charge in [-0.05, 0) is 29.5 Å². The molecule has 16 heavy (non-hydrogen) atoms. The van der Waals surface area contributed by atoms with Crippen LogP contribution in [-0.4, -0.2) is 12.2 Å². The molecule has 1 aromatic heterocycles. The van der Waals surface area contributed by atoms with Gasteiger partial charge in [-0.3, -0.25) is 0 Å². The third kappa shape index (κ3) is 1.96. The summed E-state index contributed by atoms with van der Waals surface area (Å²) in [5, 5.41) is 12.2. The minimum absolute atomic E-state index is 0.601. The Hall–Kier alpha value is -1.32. The van der Waals surface area contributed by atoms with E-state index in [4.69, 9.17) is 4.74 Å². The van der Waals surface area contributed by atoms with Crippen LogP contribution in [0.15, 0.2) is 35.7 Å². The van der Waals surface area contributed by atoms with Gasteiger partial charge >= 0.3 is 0 Å². The summed E-state index contributed by atoms with van der Waals surface area (Å²) in [6, 6.07) is 9.72. The third-order valence-corrected chi connectivity index (χ3v) is 3.56. The number of rotatable bonds is 3. The molecule has 0 amide bonds. The molecule has 0 saturated carbocycles. The standard InChI is InChI=1S/C13H14O2S/c1-9-5-3-4-6-10(9)12(14)13-11(15-2)7-8-16-13/h3-8,12,14H,1-2H3. The molecular formula is C13H14O2S. The molecule has 0 aliphatic carbocycles. The molecule has 0 radical (unpaired) electrons. The third-order valence-electron chi connectivity index (χ3n) is 2.61. The molecule has 1 N–H and O–H groups in total. The van der Waals surface area contributed by atoms with E-state index >= 15 is 0 Å². The van der Waals surface area contributed by atoms with E-state index < -0.39 is 6.10 Å². The average molecular weight is 234 g/mol. The second kappa shape index (κ2) is 4.68. The largest absolute Gasteiger partial charge is 0.495 e. The molecule has 0 spiro atoms. The summed E-state index contributed by atoms with van der Waals surface area (Å²) >= 11 is 1.51. The van der Waals surface area contributed by atoms with Crippen molar-refractivity contribution >= 4 is 11.3 Å². The number of benzene rings is 1. The van der Waals surface area contributed by atoms with E-state index in [1.54, 1.807) is 7.11 Å². The fourth-order valence-corrected chi connectivity index (χ4v) is 2.57. The van der Waals surface area contributed by atoms with Crippen LogP contribution in [0.3, 0.4) is 0 Å². The summed E-state index contributed by atoms with van der Waals surface area (Å²) < 4.78 is 5.22. The Labute approximate surface area is 99.1 Å². The van der Waals surface area contributed by atoms with Crippen LogP contribution >= 0.6 is 11.3 Å². The Morgan fingerprint density at radius 3 is 2.69 bits per heavy atom. The minimum atomic E-state index is -0.601.